The number of nitrogens with zero attached hydrogens (tertiary/aromatic N) is 4. The molecule has 6 nitrogen and oxygen atoms in total. The van der Waals surface area contributed by atoms with Crippen LogP contribution in [0.2, 0.25) is 0 Å². The van der Waals surface area contributed by atoms with Crippen molar-refractivity contribution in [2.24, 2.45) is 11.8 Å². The van der Waals surface area contributed by atoms with E-state index in [0.717, 1.165) is 37.0 Å². The van der Waals surface area contributed by atoms with Crippen molar-refractivity contribution in [2.45, 2.75) is 63.5 Å². The lowest BCUT2D eigenvalue weighted by Gasteiger charge is -2.24. The van der Waals surface area contributed by atoms with Crippen molar-refractivity contribution in [1.82, 2.24) is 19.2 Å². The van der Waals surface area contributed by atoms with Crippen LogP contribution in [-0.4, -0.2) is 25.8 Å². The van der Waals surface area contributed by atoms with Gasteiger partial charge in [-0.05, 0) is 50.4 Å². The summed E-state index contributed by atoms with van der Waals surface area (Å²) in [5, 5.41) is 8.92. The maximum atomic E-state index is 13.1. The molecule has 2 aromatic rings. The number of hydrogen-bond acceptors (Lipinski definition) is 4. The highest BCUT2D eigenvalue weighted by atomic mass is 16.5. The SMILES string of the molecule is O=c1c2nnc(C3(C4CC4)CC3)n2c2c(n1CC1CC1)COCC2. The van der Waals surface area contributed by atoms with E-state index in [9.17, 15) is 4.79 Å². The van der Waals surface area contributed by atoms with E-state index in [1.165, 1.54) is 44.2 Å². The molecule has 0 spiro atoms. The fourth-order valence-electron chi connectivity index (χ4n) is 4.62. The molecule has 0 unspecified atom stereocenters. The van der Waals surface area contributed by atoms with Gasteiger partial charge in [-0.15, -0.1) is 10.2 Å². The number of aromatic nitrogens is 4. The fraction of sp³-hybridized carbons (Fsp3) is 0.722. The van der Waals surface area contributed by atoms with Crippen molar-refractivity contribution >= 4 is 5.65 Å². The second-order valence-electron chi connectivity index (χ2n) is 8.17. The lowest BCUT2D eigenvalue weighted by atomic mass is 9.99. The summed E-state index contributed by atoms with van der Waals surface area (Å²) in [7, 11) is 0. The number of hydrogen-bond donors (Lipinski definition) is 0. The van der Waals surface area contributed by atoms with Crippen LogP contribution >= 0.6 is 0 Å². The minimum atomic E-state index is 0.0245. The van der Waals surface area contributed by atoms with E-state index in [1.807, 2.05) is 4.57 Å². The Hall–Kier alpha value is -1.69. The maximum absolute atomic E-state index is 13.1. The van der Waals surface area contributed by atoms with Crippen LogP contribution in [0, 0.1) is 11.8 Å². The molecule has 126 valence electrons. The van der Waals surface area contributed by atoms with Gasteiger partial charge in [-0.25, -0.2) is 0 Å². The van der Waals surface area contributed by atoms with Crippen molar-refractivity contribution in [3.8, 4) is 0 Å². The summed E-state index contributed by atoms with van der Waals surface area (Å²) < 4.78 is 9.78. The van der Waals surface area contributed by atoms with Crippen LogP contribution in [0.4, 0.5) is 0 Å². The molecule has 0 atom stereocenters. The lowest BCUT2D eigenvalue weighted by Crippen LogP contribution is -2.33. The van der Waals surface area contributed by atoms with Gasteiger partial charge >= 0.3 is 0 Å². The Bertz CT molecular complexity index is 900. The van der Waals surface area contributed by atoms with Gasteiger partial charge in [-0.2, -0.15) is 0 Å². The summed E-state index contributed by atoms with van der Waals surface area (Å²) in [6, 6.07) is 0. The Labute approximate surface area is 139 Å². The van der Waals surface area contributed by atoms with Crippen LogP contribution in [0.15, 0.2) is 4.79 Å². The predicted octanol–water partition coefficient (Wildman–Crippen LogP) is 1.82. The van der Waals surface area contributed by atoms with E-state index >= 15 is 0 Å². The molecule has 0 amide bonds. The highest BCUT2D eigenvalue weighted by molar-refractivity contribution is 5.43. The van der Waals surface area contributed by atoms with Gasteiger partial charge in [-0.3, -0.25) is 9.20 Å². The molecular formula is C18H22N4O2. The molecule has 1 aliphatic heterocycles. The summed E-state index contributed by atoms with van der Waals surface area (Å²) in [6.07, 6.45) is 8.33. The van der Waals surface area contributed by atoms with Crippen molar-refractivity contribution < 1.29 is 4.74 Å². The molecule has 6 heteroatoms. The summed E-state index contributed by atoms with van der Waals surface area (Å²) in [4.78, 5) is 13.1. The third kappa shape index (κ3) is 1.78. The van der Waals surface area contributed by atoms with Crippen LogP contribution in [0.1, 0.15) is 55.7 Å². The Morgan fingerprint density at radius 3 is 2.67 bits per heavy atom. The van der Waals surface area contributed by atoms with Gasteiger partial charge in [0.05, 0.1) is 24.6 Å². The molecule has 3 fully saturated rings. The Morgan fingerprint density at radius 2 is 1.96 bits per heavy atom. The van der Waals surface area contributed by atoms with E-state index in [4.69, 9.17) is 4.74 Å². The van der Waals surface area contributed by atoms with Crippen LogP contribution in [0.3, 0.4) is 0 Å². The Morgan fingerprint density at radius 1 is 1.12 bits per heavy atom. The van der Waals surface area contributed by atoms with Crippen molar-refractivity contribution in [1.29, 1.82) is 0 Å². The van der Waals surface area contributed by atoms with E-state index in [1.54, 1.807) is 0 Å². The van der Waals surface area contributed by atoms with Gasteiger partial charge in [0, 0.05) is 18.4 Å². The predicted molar refractivity (Wildman–Crippen MR) is 87.0 cm³/mol. The van der Waals surface area contributed by atoms with Gasteiger partial charge in [0.1, 0.15) is 5.82 Å². The van der Waals surface area contributed by atoms with E-state index < -0.39 is 0 Å². The molecule has 3 heterocycles. The van der Waals surface area contributed by atoms with Gasteiger partial charge in [0.25, 0.3) is 5.56 Å². The number of fused-ring (bicyclic) bond motifs is 3. The summed E-state index contributed by atoms with van der Waals surface area (Å²) in [5.74, 6) is 2.47. The summed E-state index contributed by atoms with van der Waals surface area (Å²) in [6.45, 7) is 2.08. The summed E-state index contributed by atoms with van der Waals surface area (Å²) in [5.41, 5.74) is 3.07. The molecule has 3 aliphatic carbocycles. The van der Waals surface area contributed by atoms with Crippen LogP contribution in [0.5, 0.6) is 0 Å². The minimum absolute atomic E-state index is 0.0245. The molecule has 2 aromatic heterocycles. The molecule has 0 saturated heterocycles. The highest BCUT2D eigenvalue weighted by Crippen LogP contribution is 2.61. The van der Waals surface area contributed by atoms with Crippen LogP contribution in [-0.2, 0) is 29.7 Å². The number of rotatable bonds is 4. The van der Waals surface area contributed by atoms with Gasteiger partial charge in [0.2, 0.25) is 5.65 Å². The normalized spacial score (nSPS) is 25.0. The van der Waals surface area contributed by atoms with Gasteiger partial charge in [0.15, 0.2) is 0 Å². The number of ether oxygens (including phenoxy) is 1. The molecule has 3 saturated carbocycles. The Kier molecular flexibility index (Phi) is 2.53. The first kappa shape index (κ1) is 13.6. The van der Waals surface area contributed by atoms with Crippen LogP contribution in [0.25, 0.3) is 5.65 Å². The standard InChI is InChI=1S/C18H22N4O2/c23-16-15-19-20-17(18(6-7-18)12-3-4-12)22(15)13-5-8-24-10-14(13)21(16)9-11-1-2-11/h11-12H,1-10H2. The zero-order valence-corrected chi connectivity index (χ0v) is 13.8. The van der Waals surface area contributed by atoms with E-state index in [2.05, 4.69) is 14.6 Å². The summed E-state index contributed by atoms with van der Waals surface area (Å²) >= 11 is 0. The highest BCUT2D eigenvalue weighted by Gasteiger charge is 2.58. The second kappa shape index (κ2) is 4.48. The van der Waals surface area contributed by atoms with E-state index in [0.29, 0.717) is 18.2 Å². The van der Waals surface area contributed by atoms with Crippen molar-refractivity contribution in [3.05, 3.63) is 27.6 Å². The zero-order chi connectivity index (χ0) is 15.9. The third-order valence-electron chi connectivity index (χ3n) is 6.48. The van der Waals surface area contributed by atoms with Gasteiger partial charge in [-0.1, -0.05) is 0 Å². The molecule has 0 aromatic carbocycles. The second-order valence-corrected chi connectivity index (χ2v) is 8.17. The van der Waals surface area contributed by atoms with E-state index in [-0.39, 0.29) is 11.0 Å². The Balaban J connectivity index is 1.62. The quantitative estimate of drug-likeness (QED) is 0.860. The van der Waals surface area contributed by atoms with Crippen molar-refractivity contribution in [2.75, 3.05) is 6.61 Å². The van der Waals surface area contributed by atoms with Crippen LogP contribution < -0.4 is 5.56 Å². The first-order valence-electron chi connectivity index (χ1n) is 9.36. The monoisotopic (exact) mass is 326 g/mol. The first-order valence-corrected chi connectivity index (χ1v) is 9.36. The third-order valence-corrected chi connectivity index (χ3v) is 6.48. The molecule has 4 aliphatic rings. The molecule has 0 bridgehead atoms. The molecule has 0 radical (unpaired) electrons. The molecule has 0 N–H and O–H groups in total. The minimum Gasteiger partial charge on any atom is -0.375 e. The topological polar surface area (TPSA) is 61.4 Å². The average Bonchev–Trinajstić information content (AvgIpc) is 3.44. The first-order chi connectivity index (χ1) is 11.8. The molecular weight excluding hydrogens is 304 g/mol. The fourth-order valence-corrected chi connectivity index (χ4v) is 4.62. The maximum Gasteiger partial charge on any atom is 0.296 e. The largest absolute Gasteiger partial charge is 0.375 e. The smallest absolute Gasteiger partial charge is 0.296 e. The van der Waals surface area contributed by atoms with Crippen molar-refractivity contribution in [3.63, 3.8) is 0 Å². The molecule has 24 heavy (non-hydrogen) atoms. The molecule has 6 rings (SSSR count). The lowest BCUT2D eigenvalue weighted by molar-refractivity contribution is 0.100. The van der Waals surface area contributed by atoms with Gasteiger partial charge < -0.3 is 9.30 Å². The average molecular weight is 326 g/mol. The zero-order valence-electron chi connectivity index (χ0n) is 13.8.